The number of thiazole rings is 2. The Kier molecular flexibility index (Phi) is 6.23. The molecule has 5 rings (SSSR count). The number of carbonyl (C=O) groups excluding carboxylic acids is 1. The number of ether oxygens (including phenoxy) is 1. The van der Waals surface area contributed by atoms with Crippen LogP contribution in [0.1, 0.15) is 57.4 Å². The Morgan fingerprint density at radius 3 is 2.67 bits per heavy atom. The van der Waals surface area contributed by atoms with Crippen molar-refractivity contribution in [2.45, 2.75) is 64.1 Å². The lowest BCUT2D eigenvalue weighted by molar-refractivity contribution is -0.00274. The molecule has 9 heteroatoms. The van der Waals surface area contributed by atoms with Gasteiger partial charge in [-0.1, -0.05) is 0 Å². The van der Waals surface area contributed by atoms with E-state index in [0.29, 0.717) is 12.0 Å². The van der Waals surface area contributed by atoms with Crippen LogP contribution in [0.4, 0.5) is 0 Å². The summed E-state index contributed by atoms with van der Waals surface area (Å²) < 4.78 is 5.64. The van der Waals surface area contributed by atoms with Crippen LogP contribution in [0.2, 0.25) is 0 Å². The smallest absolute Gasteiger partial charge is 0.255 e. The molecule has 0 aliphatic carbocycles. The van der Waals surface area contributed by atoms with Crippen LogP contribution in [0.15, 0.2) is 23.7 Å². The summed E-state index contributed by atoms with van der Waals surface area (Å²) in [5.41, 5.74) is 3.52. The van der Waals surface area contributed by atoms with Gasteiger partial charge in [-0.2, -0.15) is 5.26 Å². The number of amides is 1. The number of carbonyl (C=O) groups is 1. The zero-order valence-corrected chi connectivity index (χ0v) is 20.3. The summed E-state index contributed by atoms with van der Waals surface area (Å²) in [5.74, 6) is 0.0489. The first-order valence-electron chi connectivity index (χ1n) is 11.2. The van der Waals surface area contributed by atoms with Gasteiger partial charge < -0.3 is 9.64 Å². The molecule has 5 heterocycles. The fourth-order valence-electron chi connectivity index (χ4n) is 4.97. The number of rotatable bonds is 6. The Labute approximate surface area is 201 Å². The van der Waals surface area contributed by atoms with E-state index in [0.717, 1.165) is 57.7 Å². The third kappa shape index (κ3) is 4.56. The molecule has 0 spiro atoms. The molecular weight excluding hydrogens is 454 g/mol. The average molecular weight is 480 g/mol. The minimum atomic E-state index is 0.0489. The van der Waals surface area contributed by atoms with E-state index in [1.807, 2.05) is 36.9 Å². The van der Waals surface area contributed by atoms with Crippen LogP contribution >= 0.6 is 22.7 Å². The van der Waals surface area contributed by atoms with Crippen LogP contribution in [0.25, 0.3) is 10.6 Å². The number of piperidine rings is 1. The van der Waals surface area contributed by atoms with Gasteiger partial charge in [0, 0.05) is 35.8 Å². The maximum atomic E-state index is 13.2. The maximum absolute atomic E-state index is 13.2. The van der Waals surface area contributed by atoms with Gasteiger partial charge in [0.15, 0.2) is 0 Å². The minimum absolute atomic E-state index is 0.0489. The molecule has 3 atom stereocenters. The van der Waals surface area contributed by atoms with Crippen LogP contribution in [0.3, 0.4) is 0 Å². The van der Waals surface area contributed by atoms with Crippen molar-refractivity contribution in [3.05, 3.63) is 50.7 Å². The molecule has 7 nitrogen and oxygen atoms in total. The molecule has 0 radical (unpaired) electrons. The Morgan fingerprint density at radius 1 is 1.24 bits per heavy atom. The van der Waals surface area contributed by atoms with E-state index in [2.05, 4.69) is 15.3 Å². The third-order valence-electron chi connectivity index (χ3n) is 6.40. The molecule has 2 aliphatic rings. The van der Waals surface area contributed by atoms with Crippen molar-refractivity contribution in [1.82, 2.24) is 19.9 Å². The molecule has 3 aromatic rings. The predicted octanol–water partition coefficient (Wildman–Crippen LogP) is 4.55. The van der Waals surface area contributed by atoms with Gasteiger partial charge in [0.25, 0.3) is 5.91 Å². The third-order valence-corrected chi connectivity index (χ3v) is 8.34. The molecule has 2 bridgehead atoms. The predicted molar refractivity (Wildman–Crippen MR) is 127 cm³/mol. The Balaban J connectivity index is 1.24. The van der Waals surface area contributed by atoms with Gasteiger partial charge >= 0.3 is 0 Å². The van der Waals surface area contributed by atoms with E-state index in [1.54, 1.807) is 28.9 Å². The Hall–Kier alpha value is -2.67. The van der Waals surface area contributed by atoms with Crippen molar-refractivity contribution >= 4 is 28.6 Å². The van der Waals surface area contributed by atoms with E-state index in [-0.39, 0.29) is 30.7 Å². The van der Waals surface area contributed by atoms with Crippen LogP contribution in [-0.2, 0) is 11.2 Å². The van der Waals surface area contributed by atoms with E-state index in [9.17, 15) is 4.79 Å². The summed E-state index contributed by atoms with van der Waals surface area (Å²) in [7, 11) is 0. The Morgan fingerprint density at radius 2 is 2.03 bits per heavy atom. The number of pyridine rings is 1. The lowest BCUT2D eigenvalue weighted by Gasteiger charge is -2.38. The first-order chi connectivity index (χ1) is 16.0. The normalized spacial score (nSPS) is 21.8. The highest BCUT2D eigenvalue weighted by Gasteiger charge is 2.43. The molecular formula is C24H25N5O2S2. The second kappa shape index (κ2) is 9.29. The van der Waals surface area contributed by atoms with Crippen molar-refractivity contribution in [3.63, 3.8) is 0 Å². The molecule has 2 saturated heterocycles. The van der Waals surface area contributed by atoms with E-state index in [1.165, 1.54) is 0 Å². The highest BCUT2D eigenvalue weighted by molar-refractivity contribution is 7.16. The molecule has 0 N–H and O–H groups in total. The topological polar surface area (TPSA) is 92.0 Å². The molecule has 1 amide bonds. The molecule has 0 saturated carbocycles. The fraction of sp³-hybridized carbons (Fsp3) is 0.458. The molecule has 3 aromatic heterocycles. The van der Waals surface area contributed by atoms with Gasteiger partial charge in [0.05, 0.1) is 44.0 Å². The van der Waals surface area contributed by atoms with Crippen molar-refractivity contribution < 1.29 is 9.53 Å². The number of fused-ring (bicyclic) bond motifs is 2. The molecule has 2 aliphatic heterocycles. The molecule has 0 aromatic carbocycles. The largest absolute Gasteiger partial charge is 0.363 e. The molecule has 2 fully saturated rings. The fourth-order valence-corrected chi connectivity index (χ4v) is 6.73. The summed E-state index contributed by atoms with van der Waals surface area (Å²) >= 11 is 3.29. The summed E-state index contributed by atoms with van der Waals surface area (Å²) in [4.78, 5) is 30.2. The summed E-state index contributed by atoms with van der Waals surface area (Å²) in [6.07, 6.45) is 6.02. The lowest BCUT2D eigenvalue weighted by Crippen LogP contribution is -2.48. The van der Waals surface area contributed by atoms with Crippen LogP contribution in [0, 0.1) is 25.2 Å². The number of hydrogen-bond donors (Lipinski definition) is 0. The number of hydrogen-bond acceptors (Lipinski definition) is 8. The Bertz CT molecular complexity index is 1180. The van der Waals surface area contributed by atoms with E-state index in [4.69, 9.17) is 15.0 Å². The summed E-state index contributed by atoms with van der Waals surface area (Å²) in [6, 6.07) is 6.23. The van der Waals surface area contributed by atoms with Crippen LogP contribution < -0.4 is 0 Å². The summed E-state index contributed by atoms with van der Waals surface area (Å²) in [6.45, 7) is 4.15. The van der Waals surface area contributed by atoms with Crippen LogP contribution in [0.5, 0.6) is 0 Å². The average Bonchev–Trinajstić information content (AvgIpc) is 3.47. The number of nitrogens with zero attached hydrogens (tertiary/aromatic N) is 5. The van der Waals surface area contributed by atoms with Gasteiger partial charge in [-0.25, -0.2) is 9.97 Å². The SMILES string of the molecule is Cc1nc(C)c(-c2csc(Cc3ccc(C(=O)N4[C@@H]5CC[C@H]4CC(OCC#N)C5)cn3)n2)s1. The monoisotopic (exact) mass is 479 g/mol. The van der Waals surface area contributed by atoms with Crippen molar-refractivity contribution in [2.24, 2.45) is 0 Å². The molecule has 33 heavy (non-hydrogen) atoms. The maximum Gasteiger partial charge on any atom is 0.255 e. The quantitative estimate of drug-likeness (QED) is 0.515. The highest BCUT2D eigenvalue weighted by atomic mass is 32.1. The van der Waals surface area contributed by atoms with E-state index < -0.39 is 0 Å². The number of nitriles is 1. The van der Waals surface area contributed by atoms with E-state index >= 15 is 0 Å². The summed E-state index contributed by atoms with van der Waals surface area (Å²) in [5, 5.41) is 12.9. The van der Waals surface area contributed by atoms with Crippen molar-refractivity contribution in [1.29, 1.82) is 5.26 Å². The molecule has 1 unspecified atom stereocenters. The van der Waals surface area contributed by atoms with Gasteiger partial charge in [0.2, 0.25) is 0 Å². The number of aryl methyl sites for hydroxylation is 2. The zero-order chi connectivity index (χ0) is 22.9. The van der Waals surface area contributed by atoms with Gasteiger partial charge in [-0.15, -0.1) is 22.7 Å². The zero-order valence-electron chi connectivity index (χ0n) is 18.7. The first-order valence-corrected chi connectivity index (χ1v) is 12.9. The standard InChI is InChI=1S/C24H25N5O2S2/c1-14-23(33-15(2)27-14)21-13-32-22(28-21)9-17-4-3-16(12-26-17)24(30)29-18-5-6-19(29)11-20(10-18)31-8-7-25/h3-4,12-13,18-20H,5-6,8-11H2,1-2H3/t18-,19+,20?. The van der Waals surface area contributed by atoms with Gasteiger partial charge in [-0.3, -0.25) is 9.78 Å². The minimum Gasteiger partial charge on any atom is -0.363 e. The second-order valence-electron chi connectivity index (χ2n) is 8.65. The number of aromatic nitrogens is 3. The van der Waals surface area contributed by atoms with Crippen molar-refractivity contribution in [2.75, 3.05) is 6.61 Å². The van der Waals surface area contributed by atoms with Gasteiger partial charge in [0.1, 0.15) is 6.61 Å². The molecule has 170 valence electrons. The highest BCUT2D eigenvalue weighted by Crippen LogP contribution is 2.38. The second-order valence-corrected chi connectivity index (χ2v) is 10.8. The lowest BCUT2D eigenvalue weighted by atomic mass is 9.98. The van der Waals surface area contributed by atoms with Crippen LogP contribution in [-0.4, -0.2) is 50.6 Å². The van der Waals surface area contributed by atoms with Crippen molar-refractivity contribution in [3.8, 4) is 16.6 Å². The first kappa shape index (κ1) is 22.1. The van der Waals surface area contributed by atoms with Gasteiger partial charge in [-0.05, 0) is 51.7 Å².